The number of aliphatic hydroxyl groups is 1. The smallest absolute Gasteiger partial charge is 0.339 e. The second-order valence-corrected chi connectivity index (χ2v) is 2.86. The number of aromatic carboxylic acids is 1. The van der Waals surface area contributed by atoms with E-state index in [-0.39, 0.29) is 12.2 Å². The van der Waals surface area contributed by atoms with E-state index in [0.29, 0.717) is 11.3 Å². The van der Waals surface area contributed by atoms with Gasteiger partial charge in [-0.25, -0.2) is 4.79 Å². The molecule has 0 spiro atoms. The number of hydrogen-bond donors (Lipinski definition) is 2. The number of aliphatic hydroxyl groups excluding tert-OH is 1. The average molecular weight is 180 g/mol. The Morgan fingerprint density at radius 2 is 2.31 bits per heavy atom. The molecule has 0 amide bonds. The molecule has 0 radical (unpaired) electrons. The van der Waals surface area contributed by atoms with Crippen molar-refractivity contribution in [3.63, 3.8) is 0 Å². The van der Waals surface area contributed by atoms with Gasteiger partial charge in [-0.2, -0.15) is 0 Å². The Balaban J connectivity index is 2.57. The molecule has 0 fully saturated rings. The highest BCUT2D eigenvalue weighted by atomic mass is 16.5. The zero-order chi connectivity index (χ0) is 9.42. The predicted molar refractivity (Wildman–Crippen MR) is 43.9 cm³/mol. The Bertz CT molecular complexity index is 359. The third-order valence-corrected chi connectivity index (χ3v) is 2.02. The van der Waals surface area contributed by atoms with Gasteiger partial charge in [0, 0.05) is 5.56 Å². The van der Waals surface area contributed by atoms with Crippen LogP contribution in [0, 0.1) is 0 Å². The van der Waals surface area contributed by atoms with E-state index in [1.165, 1.54) is 6.07 Å². The molecule has 0 saturated heterocycles. The average Bonchev–Trinajstić information content (AvgIpc) is 2.48. The molecular weight excluding hydrogens is 172 g/mol. The number of benzene rings is 1. The van der Waals surface area contributed by atoms with E-state index in [2.05, 4.69) is 0 Å². The normalized spacial score (nSPS) is 19.3. The Morgan fingerprint density at radius 3 is 3.00 bits per heavy atom. The zero-order valence-electron chi connectivity index (χ0n) is 6.73. The number of rotatable bonds is 1. The third-order valence-electron chi connectivity index (χ3n) is 2.02. The van der Waals surface area contributed by atoms with Crippen LogP contribution in [0.4, 0.5) is 0 Å². The van der Waals surface area contributed by atoms with Gasteiger partial charge in [-0.3, -0.25) is 0 Å². The van der Waals surface area contributed by atoms with Gasteiger partial charge in [-0.15, -0.1) is 0 Å². The Hall–Kier alpha value is -1.55. The molecule has 1 atom stereocenters. The van der Waals surface area contributed by atoms with Gasteiger partial charge in [0.1, 0.15) is 24.0 Å². The van der Waals surface area contributed by atoms with Crippen molar-refractivity contribution in [2.24, 2.45) is 0 Å². The van der Waals surface area contributed by atoms with Gasteiger partial charge in [0.25, 0.3) is 0 Å². The van der Waals surface area contributed by atoms with Crippen LogP contribution >= 0.6 is 0 Å². The summed E-state index contributed by atoms with van der Waals surface area (Å²) in [4.78, 5) is 10.7. The minimum atomic E-state index is -1.04. The highest BCUT2D eigenvalue weighted by Gasteiger charge is 2.26. The van der Waals surface area contributed by atoms with E-state index in [1.54, 1.807) is 12.1 Å². The number of hydrogen-bond acceptors (Lipinski definition) is 3. The monoisotopic (exact) mass is 180 g/mol. The number of para-hydroxylation sites is 1. The number of ether oxygens (including phenoxy) is 1. The Kier molecular flexibility index (Phi) is 1.70. The molecule has 1 aliphatic rings. The fraction of sp³-hybridized carbons (Fsp3) is 0.222. The van der Waals surface area contributed by atoms with Crippen LogP contribution in [0.2, 0.25) is 0 Å². The zero-order valence-corrected chi connectivity index (χ0v) is 6.73. The number of carboxylic acid groups (broad SMARTS) is 1. The first-order chi connectivity index (χ1) is 6.20. The highest BCUT2D eigenvalue weighted by molar-refractivity contribution is 5.91. The Labute approximate surface area is 74.4 Å². The standard InChI is InChI=1S/C9H8O4/c10-7-4-13-8-5(7)2-1-3-6(8)9(11)12/h1-3,7,10H,4H2,(H,11,12). The maximum absolute atomic E-state index is 10.7. The fourth-order valence-corrected chi connectivity index (χ4v) is 1.40. The van der Waals surface area contributed by atoms with Crippen molar-refractivity contribution in [2.75, 3.05) is 6.61 Å². The van der Waals surface area contributed by atoms with E-state index >= 15 is 0 Å². The van der Waals surface area contributed by atoms with Crippen molar-refractivity contribution in [3.05, 3.63) is 29.3 Å². The van der Waals surface area contributed by atoms with Crippen molar-refractivity contribution in [2.45, 2.75) is 6.10 Å². The molecule has 4 heteroatoms. The summed E-state index contributed by atoms with van der Waals surface area (Å²) in [6.45, 7) is 0.139. The van der Waals surface area contributed by atoms with E-state index in [0.717, 1.165) is 0 Å². The second-order valence-electron chi connectivity index (χ2n) is 2.86. The molecule has 1 aromatic rings. The first-order valence-electron chi connectivity index (χ1n) is 3.87. The minimum absolute atomic E-state index is 0.106. The van der Waals surface area contributed by atoms with Crippen LogP contribution < -0.4 is 4.74 Å². The topological polar surface area (TPSA) is 66.8 Å². The summed E-state index contributed by atoms with van der Waals surface area (Å²) < 4.78 is 5.07. The SMILES string of the molecule is O=C(O)c1cccc2c1OCC2O. The van der Waals surface area contributed by atoms with Crippen molar-refractivity contribution < 1.29 is 19.7 Å². The van der Waals surface area contributed by atoms with Gasteiger partial charge in [-0.05, 0) is 6.07 Å². The van der Waals surface area contributed by atoms with Crippen LogP contribution in [0.15, 0.2) is 18.2 Å². The molecule has 0 saturated carbocycles. The van der Waals surface area contributed by atoms with Crippen LogP contribution in [0.1, 0.15) is 22.0 Å². The molecule has 2 rings (SSSR count). The van der Waals surface area contributed by atoms with E-state index in [9.17, 15) is 9.90 Å². The van der Waals surface area contributed by atoms with Crippen LogP contribution in [0.5, 0.6) is 5.75 Å². The quantitative estimate of drug-likeness (QED) is 0.671. The molecule has 4 nitrogen and oxygen atoms in total. The van der Waals surface area contributed by atoms with Gasteiger partial charge in [0.15, 0.2) is 0 Å². The molecule has 1 unspecified atom stereocenters. The summed E-state index contributed by atoms with van der Waals surface area (Å²) in [5.74, 6) is -0.742. The molecule has 1 aliphatic heterocycles. The van der Waals surface area contributed by atoms with Crippen LogP contribution in [0.25, 0.3) is 0 Å². The predicted octanol–water partition coefficient (Wildman–Crippen LogP) is 0.811. The lowest BCUT2D eigenvalue weighted by atomic mass is 10.1. The van der Waals surface area contributed by atoms with Gasteiger partial charge in [0.05, 0.1) is 0 Å². The summed E-state index contributed by atoms with van der Waals surface area (Å²) in [6.07, 6.45) is -0.700. The molecular formula is C9H8O4. The molecule has 0 aliphatic carbocycles. The molecule has 2 N–H and O–H groups in total. The molecule has 13 heavy (non-hydrogen) atoms. The van der Waals surface area contributed by atoms with E-state index < -0.39 is 12.1 Å². The lowest BCUT2D eigenvalue weighted by Crippen LogP contribution is -1.99. The largest absolute Gasteiger partial charge is 0.489 e. The van der Waals surface area contributed by atoms with Gasteiger partial charge < -0.3 is 14.9 Å². The van der Waals surface area contributed by atoms with Crippen molar-refractivity contribution in [1.82, 2.24) is 0 Å². The summed E-state index contributed by atoms with van der Waals surface area (Å²) in [7, 11) is 0. The number of carboxylic acids is 1. The fourth-order valence-electron chi connectivity index (χ4n) is 1.40. The lowest BCUT2D eigenvalue weighted by Gasteiger charge is -2.02. The van der Waals surface area contributed by atoms with Crippen molar-refractivity contribution in [3.8, 4) is 5.75 Å². The maximum atomic E-state index is 10.7. The Morgan fingerprint density at radius 1 is 1.54 bits per heavy atom. The summed E-state index contributed by atoms with van der Waals surface area (Å²) in [5.41, 5.74) is 0.661. The molecule has 0 aromatic heterocycles. The summed E-state index contributed by atoms with van der Waals surface area (Å²) in [6, 6.07) is 4.72. The van der Waals surface area contributed by atoms with Crippen LogP contribution in [0.3, 0.4) is 0 Å². The molecule has 0 bridgehead atoms. The summed E-state index contributed by atoms with van der Waals surface area (Å²) in [5, 5.41) is 18.1. The first kappa shape index (κ1) is 8.07. The third kappa shape index (κ3) is 1.15. The number of carbonyl (C=O) groups is 1. The van der Waals surface area contributed by atoms with Gasteiger partial charge in [-0.1, -0.05) is 12.1 Å². The summed E-state index contributed by atoms with van der Waals surface area (Å²) >= 11 is 0. The van der Waals surface area contributed by atoms with Crippen LogP contribution in [-0.2, 0) is 0 Å². The second kappa shape index (κ2) is 2.74. The molecule has 68 valence electrons. The highest BCUT2D eigenvalue weighted by Crippen LogP contribution is 2.34. The number of fused-ring (bicyclic) bond motifs is 1. The maximum Gasteiger partial charge on any atom is 0.339 e. The van der Waals surface area contributed by atoms with Gasteiger partial charge in [0.2, 0.25) is 0 Å². The first-order valence-corrected chi connectivity index (χ1v) is 3.87. The lowest BCUT2D eigenvalue weighted by molar-refractivity contribution is 0.0692. The van der Waals surface area contributed by atoms with E-state index in [4.69, 9.17) is 9.84 Å². The van der Waals surface area contributed by atoms with E-state index in [1.807, 2.05) is 0 Å². The molecule has 1 heterocycles. The van der Waals surface area contributed by atoms with Crippen molar-refractivity contribution in [1.29, 1.82) is 0 Å². The van der Waals surface area contributed by atoms with Gasteiger partial charge >= 0.3 is 5.97 Å². The molecule has 1 aromatic carbocycles. The minimum Gasteiger partial charge on any atom is -0.489 e. The van der Waals surface area contributed by atoms with Crippen molar-refractivity contribution >= 4 is 5.97 Å². The van der Waals surface area contributed by atoms with Crippen LogP contribution in [-0.4, -0.2) is 22.8 Å².